The van der Waals surface area contributed by atoms with Crippen LogP contribution in [-0.4, -0.2) is 129 Å². The molecule has 18 nitrogen and oxygen atoms in total. The van der Waals surface area contributed by atoms with E-state index < -0.39 is 90.7 Å². The number of carbonyl (C=O) groups is 2. The number of rotatable bonds is 14. The van der Waals surface area contributed by atoms with Crippen LogP contribution in [0.3, 0.4) is 0 Å². The van der Waals surface area contributed by atoms with Gasteiger partial charge < -0.3 is 63.6 Å². The monoisotopic (exact) mass is 776 g/mol. The van der Waals surface area contributed by atoms with Gasteiger partial charge in [0.25, 0.3) is 0 Å². The Labute approximate surface area is 307 Å². The molecule has 5 rings (SSSR count). The average molecular weight is 777 g/mol. The second-order valence-electron chi connectivity index (χ2n) is 12.1. The molecule has 0 aromatic heterocycles. The summed E-state index contributed by atoms with van der Waals surface area (Å²) < 4.78 is 62.4. The van der Waals surface area contributed by atoms with Crippen LogP contribution in [0.2, 0.25) is 0 Å². The minimum absolute atomic E-state index is 0.0214. The first-order valence-electron chi connectivity index (χ1n) is 16.0. The molecule has 8 atom stereocenters. The van der Waals surface area contributed by atoms with Gasteiger partial charge in [0.2, 0.25) is 6.29 Å². The Hall–Kier alpha value is -4.93. The molecule has 2 aliphatic heterocycles. The number of ether oxygens (including phenoxy) is 5. The third-order valence-corrected chi connectivity index (χ3v) is 8.59. The van der Waals surface area contributed by atoms with Crippen molar-refractivity contribution in [3.05, 3.63) is 95.6 Å². The Morgan fingerprint density at radius 3 is 2.11 bits per heavy atom. The topological polar surface area (TPSA) is 285 Å². The van der Waals surface area contributed by atoms with Crippen LogP contribution >= 0.6 is 0 Å². The average Bonchev–Trinajstić information content (AvgIpc) is 3.41. The van der Waals surface area contributed by atoms with E-state index in [4.69, 9.17) is 28.2 Å². The zero-order chi connectivity index (χ0) is 39.2. The normalized spacial score (nSPS) is 27.3. The standard InChI is InChI=1S/C35H36O18S/c36-16-27-29(41)30(42)31(33(51-27)50-22-8-1-19(2-9-22)5-13-25(38)24-12-7-21(37)15-26(24)39)52-34-32(43)35(44,18-49-34)17-48-28(40)14-6-20-3-10-23(11-4-20)53-54(45,46)47/h1-15,27,29-34,36-37,39,41-44H,16-18H2,(H,45,46,47)/b13-5?,14-6+. The summed E-state index contributed by atoms with van der Waals surface area (Å²) in [6.45, 7) is -2.07. The largest absolute Gasteiger partial charge is 0.508 e. The van der Waals surface area contributed by atoms with Gasteiger partial charge >= 0.3 is 16.4 Å². The van der Waals surface area contributed by atoms with Crippen molar-refractivity contribution >= 4 is 34.3 Å². The van der Waals surface area contributed by atoms with Gasteiger partial charge in [-0.25, -0.2) is 4.79 Å². The molecule has 8 unspecified atom stereocenters. The van der Waals surface area contributed by atoms with E-state index in [1.807, 2.05) is 0 Å². The van der Waals surface area contributed by atoms with Gasteiger partial charge in [-0.15, -0.1) is 0 Å². The van der Waals surface area contributed by atoms with Crippen molar-refractivity contribution in [3.63, 3.8) is 0 Å². The Morgan fingerprint density at radius 2 is 1.50 bits per heavy atom. The first-order chi connectivity index (χ1) is 25.5. The van der Waals surface area contributed by atoms with E-state index in [9.17, 15) is 53.8 Å². The highest BCUT2D eigenvalue weighted by molar-refractivity contribution is 7.81. The molecule has 0 bridgehead atoms. The van der Waals surface area contributed by atoms with E-state index in [-0.39, 0.29) is 28.6 Å². The number of esters is 1. The maximum atomic E-state index is 12.5. The number of aliphatic hydroxyl groups is 5. The molecule has 0 amide bonds. The lowest BCUT2D eigenvalue weighted by atomic mass is 9.98. The zero-order valence-electron chi connectivity index (χ0n) is 27.9. The number of allylic oxidation sites excluding steroid dienone is 1. The van der Waals surface area contributed by atoms with Crippen molar-refractivity contribution in [3.8, 4) is 23.0 Å². The quantitative estimate of drug-likeness (QED) is 0.0466. The molecular formula is C35H36O18S. The van der Waals surface area contributed by atoms with Gasteiger partial charge in [0.15, 0.2) is 23.8 Å². The van der Waals surface area contributed by atoms with Gasteiger partial charge in [-0.2, -0.15) is 8.42 Å². The highest BCUT2D eigenvalue weighted by atomic mass is 32.3. The molecule has 290 valence electrons. The summed E-state index contributed by atoms with van der Waals surface area (Å²) in [5.74, 6) is -2.08. The molecule has 8 N–H and O–H groups in total. The molecule has 0 radical (unpaired) electrons. The number of carbonyl (C=O) groups excluding carboxylic acids is 2. The van der Waals surface area contributed by atoms with Crippen LogP contribution in [-0.2, 0) is 34.1 Å². The van der Waals surface area contributed by atoms with Gasteiger partial charge in [-0.1, -0.05) is 30.3 Å². The van der Waals surface area contributed by atoms with Crippen LogP contribution in [0.5, 0.6) is 23.0 Å². The lowest BCUT2D eigenvalue weighted by Crippen LogP contribution is -2.62. The maximum absolute atomic E-state index is 12.5. The molecule has 2 fully saturated rings. The maximum Gasteiger partial charge on any atom is 0.446 e. The summed E-state index contributed by atoms with van der Waals surface area (Å²) in [5.41, 5.74) is -1.25. The zero-order valence-corrected chi connectivity index (χ0v) is 28.7. The van der Waals surface area contributed by atoms with Crippen molar-refractivity contribution in [2.24, 2.45) is 0 Å². The van der Waals surface area contributed by atoms with E-state index in [1.165, 1.54) is 66.8 Å². The third-order valence-electron chi connectivity index (χ3n) is 8.19. The first kappa shape index (κ1) is 40.3. The van der Waals surface area contributed by atoms with Crippen LogP contribution in [0.4, 0.5) is 0 Å². The highest BCUT2D eigenvalue weighted by Gasteiger charge is 2.54. The van der Waals surface area contributed by atoms with Crippen LogP contribution < -0.4 is 8.92 Å². The Morgan fingerprint density at radius 1 is 0.870 bits per heavy atom. The van der Waals surface area contributed by atoms with Gasteiger partial charge in [-0.3, -0.25) is 9.35 Å². The number of hydrogen-bond donors (Lipinski definition) is 8. The number of hydrogen-bond acceptors (Lipinski definition) is 17. The van der Waals surface area contributed by atoms with Crippen molar-refractivity contribution in [2.75, 3.05) is 19.8 Å². The second-order valence-corrected chi connectivity index (χ2v) is 13.2. The Kier molecular flexibility index (Phi) is 12.7. The minimum atomic E-state index is -4.71. The molecule has 3 aromatic rings. The Balaban J connectivity index is 1.19. The molecule has 3 aromatic carbocycles. The molecule has 54 heavy (non-hydrogen) atoms. The second kappa shape index (κ2) is 17.0. The van der Waals surface area contributed by atoms with E-state index in [0.717, 1.165) is 12.1 Å². The molecular weight excluding hydrogens is 740 g/mol. The predicted octanol–water partition coefficient (Wildman–Crippen LogP) is 0.0834. The van der Waals surface area contributed by atoms with Crippen LogP contribution in [0.15, 0.2) is 78.9 Å². The molecule has 2 saturated heterocycles. The minimum Gasteiger partial charge on any atom is -0.508 e. The number of ketones is 1. The fourth-order valence-electron chi connectivity index (χ4n) is 5.29. The number of phenols is 2. The lowest BCUT2D eigenvalue weighted by Gasteiger charge is -2.42. The summed E-state index contributed by atoms with van der Waals surface area (Å²) >= 11 is 0. The first-order valence-corrected chi connectivity index (χ1v) is 17.3. The molecule has 0 saturated carbocycles. The molecule has 0 spiro atoms. The number of phenolic OH excluding ortho intramolecular Hbond substituents is 2. The van der Waals surface area contributed by atoms with E-state index >= 15 is 0 Å². The summed E-state index contributed by atoms with van der Waals surface area (Å²) in [6.07, 6.45) is -6.38. The van der Waals surface area contributed by atoms with E-state index in [1.54, 1.807) is 12.1 Å². The fraction of sp³-hybridized carbons (Fsp3) is 0.314. The van der Waals surface area contributed by atoms with Crippen LogP contribution in [0, 0.1) is 0 Å². The Bertz CT molecular complexity index is 1950. The number of benzene rings is 3. The van der Waals surface area contributed by atoms with Gasteiger partial charge in [-0.05, 0) is 59.7 Å². The van der Waals surface area contributed by atoms with Gasteiger partial charge in [0, 0.05) is 12.1 Å². The molecule has 19 heteroatoms. The van der Waals surface area contributed by atoms with Crippen molar-refractivity contribution in [1.29, 1.82) is 0 Å². The van der Waals surface area contributed by atoms with Gasteiger partial charge in [0.05, 0.1) is 18.8 Å². The summed E-state index contributed by atoms with van der Waals surface area (Å²) in [5, 5.41) is 72.4. The van der Waals surface area contributed by atoms with Crippen molar-refractivity contribution < 1.29 is 86.2 Å². The highest BCUT2D eigenvalue weighted by Crippen LogP contribution is 2.33. The smallest absolute Gasteiger partial charge is 0.446 e. The van der Waals surface area contributed by atoms with Gasteiger partial charge in [0.1, 0.15) is 54.0 Å². The van der Waals surface area contributed by atoms with Crippen LogP contribution in [0.1, 0.15) is 21.5 Å². The molecule has 2 heterocycles. The lowest BCUT2D eigenvalue weighted by molar-refractivity contribution is -0.318. The van der Waals surface area contributed by atoms with Crippen LogP contribution in [0.25, 0.3) is 12.2 Å². The fourth-order valence-corrected chi connectivity index (χ4v) is 5.65. The summed E-state index contributed by atoms with van der Waals surface area (Å²) in [4.78, 5) is 24.8. The van der Waals surface area contributed by atoms with E-state index in [2.05, 4.69) is 4.18 Å². The number of aromatic hydroxyl groups is 2. The summed E-state index contributed by atoms with van der Waals surface area (Å²) in [6, 6.07) is 14.8. The number of aliphatic hydroxyl groups excluding tert-OH is 4. The summed E-state index contributed by atoms with van der Waals surface area (Å²) in [7, 11) is -4.71. The van der Waals surface area contributed by atoms with E-state index in [0.29, 0.717) is 11.1 Å². The molecule has 2 aliphatic rings. The predicted molar refractivity (Wildman–Crippen MR) is 182 cm³/mol. The molecule has 0 aliphatic carbocycles. The van der Waals surface area contributed by atoms with Crippen molar-refractivity contribution in [1.82, 2.24) is 0 Å². The third kappa shape index (κ3) is 10.2. The SMILES string of the molecule is O=C(/C=C/c1ccc(OS(=O)(=O)O)cc1)OCC1(O)COC(OC2C(Oc3ccc(C=CC(=O)c4ccc(O)cc4O)cc3)OC(CO)C(O)C2O)C1O. The van der Waals surface area contributed by atoms with Crippen molar-refractivity contribution in [2.45, 2.75) is 48.7 Å².